The third-order valence-corrected chi connectivity index (χ3v) is 3.86. The molecule has 1 saturated heterocycles. The van der Waals surface area contributed by atoms with Crippen LogP contribution < -0.4 is 11.1 Å². The van der Waals surface area contributed by atoms with Crippen molar-refractivity contribution in [1.82, 2.24) is 10.2 Å². The van der Waals surface area contributed by atoms with E-state index in [1.165, 1.54) is 38.8 Å². The minimum absolute atomic E-state index is 0.0247. The van der Waals surface area contributed by atoms with Crippen LogP contribution in [0.3, 0.4) is 0 Å². The van der Waals surface area contributed by atoms with Crippen molar-refractivity contribution in [2.45, 2.75) is 58.9 Å². The molecule has 0 aromatic carbocycles. The Morgan fingerprint density at radius 1 is 1.21 bits per heavy atom. The summed E-state index contributed by atoms with van der Waals surface area (Å²) in [6.45, 7) is 10.2. The monoisotopic (exact) mass is 269 g/mol. The lowest BCUT2D eigenvalue weighted by atomic mass is 9.87. The number of carbonyl (C=O) groups is 1. The van der Waals surface area contributed by atoms with Gasteiger partial charge in [-0.15, -0.1) is 0 Å². The summed E-state index contributed by atoms with van der Waals surface area (Å²) in [6, 6.07) is -0.425. The molecule has 1 atom stereocenters. The number of amides is 1. The molecule has 1 amide bonds. The van der Waals surface area contributed by atoms with Gasteiger partial charge >= 0.3 is 0 Å². The Balaban J connectivity index is 2.14. The fourth-order valence-corrected chi connectivity index (χ4v) is 2.38. The fraction of sp³-hybridized carbons (Fsp3) is 0.933. The summed E-state index contributed by atoms with van der Waals surface area (Å²) in [4.78, 5) is 14.4. The lowest BCUT2D eigenvalue weighted by Gasteiger charge is -2.26. The SMILES string of the molecule is CC(C)(C)[C@H](N)C(=O)NCCCN1CCCCCC1. The van der Waals surface area contributed by atoms with Crippen LogP contribution in [-0.4, -0.2) is 43.0 Å². The van der Waals surface area contributed by atoms with Gasteiger partial charge in [-0.05, 0) is 44.3 Å². The van der Waals surface area contributed by atoms with Gasteiger partial charge in [0.1, 0.15) is 0 Å². The Morgan fingerprint density at radius 3 is 2.32 bits per heavy atom. The highest BCUT2D eigenvalue weighted by Gasteiger charge is 2.26. The highest BCUT2D eigenvalue weighted by Crippen LogP contribution is 2.17. The molecule has 4 nitrogen and oxygen atoms in total. The minimum Gasteiger partial charge on any atom is -0.355 e. The van der Waals surface area contributed by atoms with E-state index < -0.39 is 6.04 Å². The van der Waals surface area contributed by atoms with E-state index in [-0.39, 0.29) is 11.3 Å². The number of rotatable bonds is 5. The van der Waals surface area contributed by atoms with Gasteiger partial charge in [-0.1, -0.05) is 33.6 Å². The van der Waals surface area contributed by atoms with Crippen LogP contribution >= 0.6 is 0 Å². The molecule has 1 rings (SSSR count). The number of nitrogens with two attached hydrogens (primary N) is 1. The third kappa shape index (κ3) is 6.39. The Hall–Kier alpha value is -0.610. The molecule has 0 aliphatic carbocycles. The van der Waals surface area contributed by atoms with Crippen molar-refractivity contribution >= 4 is 5.91 Å². The largest absolute Gasteiger partial charge is 0.355 e. The Kier molecular flexibility index (Phi) is 6.80. The predicted molar refractivity (Wildman–Crippen MR) is 80.0 cm³/mol. The zero-order valence-electron chi connectivity index (χ0n) is 12.9. The van der Waals surface area contributed by atoms with Gasteiger partial charge in [0.25, 0.3) is 0 Å². The van der Waals surface area contributed by atoms with Crippen LogP contribution in [0, 0.1) is 5.41 Å². The molecular formula is C15H31N3O. The molecule has 3 N–H and O–H groups in total. The van der Waals surface area contributed by atoms with Crippen molar-refractivity contribution < 1.29 is 4.79 Å². The molecule has 19 heavy (non-hydrogen) atoms. The Bertz CT molecular complexity index is 265. The van der Waals surface area contributed by atoms with Gasteiger partial charge in [-0.25, -0.2) is 0 Å². The first-order valence-electron chi connectivity index (χ1n) is 7.67. The van der Waals surface area contributed by atoms with Crippen LogP contribution in [0.2, 0.25) is 0 Å². The quantitative estimate of drug-likeness (QED) is 0.748. The Morgan fingerprint density at radius 2 is 1.79 bits per heavy atom. The van der Waals surface area contributed by atoms with Crippen molar-refractivity contribution in [3.8, 4) is 0 Å². The number of nitrogens with one attached hydrogen (secondary N) is 1. The standard InChI is InChI=1S/C15H31N3O/c1-15(2,3)13(16)14(19)17-9-8-12-18-10-6-4-5-7-11-18/h13H,4-12,16H2,1-3H3,(H,17,19)/t13-/m1/s1. The van der Waals surface area contributed by atoms with Gasteiger partial charge in [0.15, 0.2) is 0 Å². The zero-order valence-corrected chi connectivity index (χ0v) is 12.9. The van der Waals surface area contributed by atoms with Gasteiger partial charge in [0.2, 0.25) is 5.91 Å². The molecule has 1 aliphatic rings. The molecule has 4 heteroatoms. The first kappa shape index (κ1) is 16.4. The van der Waals surface area contributed by atoms with Crippen LogP contribution in [0.5, 0.6) is 0 Å². The first-order valence-corrected chi connectivity index (χ1v) is 7.67. The molecule has 1 aliphatic heterocycles. The van der Waals surface area contributed by atoms with Gasteiger partial charge < -0.3 is 16.0 Å². The fourth-order valence-electron chi connectivity index (χ4n) is 2.38. The van der Waals surface area contributed by atoms with E-state index >= 15 is 0 Å². The van der Waals surface area contributed by atoms with Crippen LogP contribution in [0.25, 0.3) is 0 Å². The molecule has 1 fully saturated rings. The van der Waals surface area contributed by atoms with Crippen LogP contribution in [0.4, 0.5) is 0 Å². The maximum Gasteiger partial charge on any atom is 0.237 e. The van der Waals surface area contributed by atoms with Crippen LogP contribution in [0.15, 0.2) is 0 Å². The molecule has 0 unspecified atom stereocenters. The molecule has 0 aromatic rings. The molecule has 0 aromatic heterocycles. The van der Waals surface area contributed by atoms with E-state index in [4.69, 9.17) is 5.73 Å². The number of hydrogen-bond acceptors (Lipinski definition) is 3. The first-order chi connectivity index (χ1) is 8.91. The summed E-state index contributed by atoms with van der Waals surface area (Å²) in [5.41, 5.74) is 5.75. The highest BCUT2D eigenvalue weighted by molar-refractivity contribution is 5.82. The summed E-state index contributed by atoms with van der Waals surface area (Å²) in [6.07, 6.45) is 6.40. The molecule has 0 bridgehead atoms. The van der Waals surface area contributed by atoms with E-state index in [2.05, 4.69) is 10.2 Å². The van der Waals surface area contributed by atoms with E-state index in [1.807, 2.05) is 20.8 Å². The molecule has 0 spiro atoms. The number of nitrogens with zero attached hydrogens (tertiary/aromatic N) is 1. The van der Waals surface area contributed by atoms with E-state index in [1.54, 1.807) is 0 Å². The summed E-state index contributed by atoms with van der Waals surface area (Å²) in [5.74, 6) is -0.0247. The normalized spacial score (nSPS) is 19.8. The smallest absolute Gasteiger partial charge is 0.237 e. The third-order valence-electron chi connectivity index (χ3n) is 3.86. The average Bonchev–Trinajstić information content (AvgIpc) is 2.60. The lowest BCUT2D eigenvalue weighted by molar-refractivity contribution is -0.124. The van der Waals surface area contributed by atoms with E-state index in [0.717, 1.165) is 19.5 Å². The van der Waals surface area contributed by atoms with Crippen molar-refractivity contribution in [3.05, 3.63) is 0 Å². The maximum absolute atomic E-state index is 11.8. The average molecular weight is 269 g/mol. The molecule has 0 saturated carbocycles. The van der Waals surface area contributed by atoms with Gasteiger partial charge in [-0.2, -0.15) is 0 Å². The second-order valence-electron chi connectivity index (χ2n) is 6.74. The number of carbonyl (C=O) groups excluding carboxylic acids is 1. The van der Waals surface area contributed by atoms with Crippen molar-refractivity contribution in [1.29, 1.82) is 0 Å². The summed E-state index contributed by atoms with van der Waals surface area (Å²) >= 11 is 0. The van der Waals surface area contributed by atoms with Crippen molar-refractivity contribution in [3.63, 3.8) is 0 Å². The number of likely N-dealkylation sites (tertiary alicyclic amines) is 1. The minimum atomic E-state index is -0.425. The molecule has 1 heterocycles. The van der Waals surface area contributed by atoms with Crippen LogP contribution in [0.1, 0.15) is 52.9 Å². The van der Waals surface area contributed by atoms with E-state index in [0.29, 0.717) is 0 Å². The predicted octanol–water partition coefficient (Wildman–Crippen LogP) is 1.74. The van der Waals surface area contributed by atoms with Crippen molar-refractivity contribution in [2.75, 3.05) is 26.2 Å². The summed E-state index contributed by atoms with van der Waals surface area (Å²) < 4.78 is 0. The number of hydrogen-bond donors (Lipinski definition) is 2. The molecular weight excluding hydrogens is 238 g/mol. The van der Waals surface area contributed by atoms with E-state index in [9.17, 15) is 4.79 Å². The van der Waals surface area contributed by atoms with Crippen LogP contribution in [-0.2, 0) is 4.79 Å². The summed E-state index contributed by atoms with van der Waals surface area (Å²) in [5, 5.41) is 2.95. The van der Waals surface area contributed by atoms with Crippen molar-refractivity contribution in [2.24, 2.45) is 11.1 Å². The molecule has 112 valence electrons. The molecule has 0 radical (unpaired) electrons. The second-order valence-corrected chi connectivity index (χ2v) is 6.74. The highest BCUT2D eigenvalue weighted by atomic mass is 16.2. The van der Waals surface area contributed by atoms with Gasteiger partial charge in [-0.3, -0.25) is 4.79 Å². The van der Waals surface area contributed by atoms with Gasteiger partial charge in [0, 0.05) is 6.54 Å². The topological polar surface area (TPSA) is 58.4 Å². The zero-order chi connectivity index (χ0) is 14.3. The Labute approximate surface area is 118 Å². The second kappa shape index (κ2) is 7.85. The maximum atomic E-state index is 11.8. The lowest BCUT2D eigenvalue weighted by Crippen LogP contribution is -2.49. The van der Waals surface area contributed by atoms with Gasteiger partial charge in [0.05, 0.1) is 6.04 Å². The summed E-state index contributed by atoms with van der Waals surface area (Å²) in [7, 11) is 0.